The highest BCUT2D eigenvalue weighted by Crippen LogP contribution is 2.14. The van der Waals surface area contributed by atoms with E-state index in [1.807, 2.05) is 0 Å². The Kier molecular flexibility index (Phi) is 3.35. The van der Waals surface area contributed by atoms with Gasteiger partial charge in [-0.3, -0.25) is 0 Å². The summed E-state index contributed by atoms with van der Waals surface area (Å²) in [6.07, 6.45) is -4.26. The number of alkyl halides is 3. The Balaban J connectivity index is 3.50. The first-order valence-electron chi connectivity index (χ1n) is 2.37. The topological polar surface area (TPSA) is 58.9 Å². The smallest absolute Gasteiger partial charge is 0.425 e. The highest BCUT2D eigenvalue weighted by atomic mass is 19.4. The van der Waals surface area contributed by atoms with Crippen molar-refractivity contribution in [2.75, 3.05) is 6.61 Å². The number of hydrogen-bond donors (Lipinski definition) is 1. The Bertz CT molecular complexity index is 164. The number of oxime groups is 1. The van der Waals surface area contributed by atoms with Gasteiger partial charge in [-0.15, -0.1) is 0 Å². The number of carbonyl (C=O) groups is 1. The van der Waals surface area contributed by atoms with Crippen LogP contribution in [0.3, 0.4) is 0 Å². The molecule has 11 heavy (non-hydrogen) atoms. The highest BCUT2D eigenvalue weighted by molar-refractivity contribution is 6.21. The molecule has 0 aliphatic rings. The summed E-state index contributed by atoms with van der Waals surface area (Å²) >= 11 is 0. The van der Waals surface area contributed by atoms with Crippen molar-refractivity contribution >= 4 is 12.2 Å². The van der Waals surface area contributed by atoms with E-state index < -0.39 is 18.8 Å². The molecule has 0 radical (unpaired) electrons. The van der Waals surface area contributed by atoms with Crippen molar-refractivity contribution in [2.24, 2.45) is 5.16 Å². The zero-order chi connectivity index (χ0) is 8.91. The Hall–Kier alpha value is -1.27. The monoisotopic (exact) mass is 171 g/mol. The maximum atomic E-state index is 11.2. The van der Waals surface area contributed by atoms with Gasteiger partial charge in [0.15, 0.2) is 6.21 Å². The molecule has 0 atom stereocenters. The number of hydrogen-bond acceptors (Lipinski definition) is 3. The summed E-state index contributed by atoms with van der Waals surface area (Å²) in [4.78, 5) is 13.2. The molecule has 0 bridgehead atoms. The van der Waals surface area contributed by atoms with Crippen LogP contribution in [-0.2, 0) is 9.63 Å². The van der Waals surface area contributed by atoms with Crippen molar-refractivity contribution in [1.82, 2.24) is 0 Å². The van der Waals surface area contributed by atoms with Crippen LogP contribution in [0.15, 0.2) is 5.16 Å². The minimum Gasteiger partial charge on any atom is -0.477 e. The van der Waals surface area contributed by atoms with E-state index in [4.69, 9.17) is 5.11 Å². The van der Waals surface area contributed by atoms with Gasteiger partial charge in [0.25, 0.3) is 0 Å². The first kappa shape index (κ1) is 9.73. The molecule has 1 N–H and O–H groups in total. The first-order valence-corrected chi connectivity index (χ1v) is 2.37. The van der Waals surface area contributed by atoms with Crippen molar-refractivity contribution in [3.8, 4) is 0 Å². The van der Waals surface area contributed by atoms with Crippen LogP contribution >= 0.6 is 0 Å². The van der Waals surface area contributed by atoms with Gasteiger partial charge < -0.3 is 9.94 Å². The van der Waals surface area contributed by atoms with Crippen LogP contribution in [-0.4, -0.2) is 30.1 Å². The molecule has 7 heteroatoms. The minimum absolute atomic E-state index is 0.228. The van der Waals surface area contributed by atoms with E-state index in [1.54, 1.807) is 0 Å². The lowest BCUT2D eigenvalue weighted by Crippen LogP contribution is -2.15. The summed E-state index contributed by atoms with van der Waals surface area (Å²) < 4.78 is 33.7. The lowest BCUT2D eigenvalue weighted by atomic mass is 10.7. The molecule has 0 heterocycles. The number of rotatable bonds is 3. The fourth-order valence-electron chi connectivity index (χ4n) is 0.193. The first-order chi connectivity index (χ1) is 4.92. The molecule has 0 saturated heterocycles. The molecule has 0 unspecified atom stereocenters. The maximum absolute atomic E-state index is 11.2. The van der Waals surface area contributed by atoms with Crippen LogP contribution in [0.25, 0.3) is 0 Å². The van der Waals surface area contributed by atoms with E-state index in [1.165, 1.54) is 0 Å². The average molecular weight is 171 g/mol. The number of halogens is 3. The molecule has 0 saturated carbocycles. The molecule has 4 nitrogen and oxygen atoms in total. The summed E-state index contributed by atoms with van der Waals surface area (Å²) in [5.74, 6) is -1.47. The summed E-state index contributed by atoms with van der Waals surface area (Å²) in [6.45, 7) is -1.59. The van der Waals surface area contributed by atoms with Crippen LogP contribution < -0.4 is 0 Å². The molecule has 0 aromatic rings. The van der Waals surface area contributed by atoms with E-state index in [9.17, 15) is 18.0 Å². The summed E-state index contributed by atoms with van der Waals surface area (Å²) in [5, 5.41) is 10.3. The molecule has 0 spiro atoms. The summed E-state index contributed by atoms with van der Waals surface area (Å²) in [6, 6.07) is 0. The minimum atomic E-state index is -4.49. The Labute approximate surface area is 59.2 Å². The van der Waals surface area contributed by atoms with Crippen LogP contribution in [0.1, 0.15) is 0 Å². The normalized spacial score (nSPS) is 11.9. The summed E-state index contributed by atoms with van der Waals surface area (Å²) in [7, 11) is 0. The van der Waals surface area contributed by atoms with Crippen LogP contribution in [0.2, 0.25) is 0 Å². The fraction of sp³-hybridized carbons (Fsp3) is 0.500. The van der Waals surface area contributed by atoms with Gasteiger partial charge in [0, 0.05) is 0 Å². The number of carboxylic acid groups (broad SMARTS) is 1. The van der Waals surface area contributed by atoms with Crippen LogP contribution in [0.4, 0.5) is 13.2 Å². The Morgan fingerprint density at radius 3 is 2.55 bits per heavy atom. The van der Waals surface area contributed by atoms with Crippen LogP contribution in [0, 0.1) is 0 Å². The van der Waals surface area contributed by atoms with Crippen molar-refractivity contribution in [3.05, 3.63) is 0 Å². The quantitative estimate of drug-likeness (QED) is 0.500. The zero-order valence-corrected chi connectivity index (χ0v) is 5.13. The van der Waals surface area contributed by atoms with Gasteiger partial charge in [-0.25, -0.2) is 4.79 Å². The fourth-order valence-corrected chi connectivity index (χ4v) is 0.193. The molecular weight excluding hydrogens is 167 g/mol. The highest BCUT2D eigenvalue weighted by Gasteiger charge is 2.28. The molecular formula is C4H4F3NO3. The van der Waals surface area contributed by atoms with Gasteiger partial charge in [0.1, 0.15) is 0 Å². The number of carboxylic acids is 1. The van der Waals surface area contributed by atoms with Crippen molar-refractivity contribution in [2.45, 2.75) is 6.18 Å². The molecule has 0 aromatic heterocycles. The third-order valence-corrected chi connectivity index (χ3v) is 0.466. The maximum Gasteiger partial charge on any atom is 0.425 e. The molecule has 64 valence electrons. The van der Waals surface area contributed by atoms with Gasteiger partial charge in [-0.1, -0.05) is 5.16 Å². The second-order valence-corrected chi connectivity index (χ2v) is 1.46. The molecule has 0 fully saturated rings. The van der Waals surface area contributed by atoms with Crippen molar-refractivity contribution in [1.29, 1.82) is 0 Å². The van der Waals surface area contributed by atoms with Gasteiger partial charge in [0.2, 0.25) is 6.61 Å². The number of aliphatic carboxylic acids is 1. The average Bonchev–Trinajstić information content (AvgIpc) is 1.78. The Morgan fingerprint density at radius 2 is 2.18 bits per heavy atom. The SMILES string of the molecule is O=C(O)C=NOCC(F)(F)F. The molecule has 0 rings (SSSR count). The second-order valence-electron chi connectivity index (χ2n) is 1.46. The standard InChI is InChI=1S/C4H4F3NO3/c5-4(6,7)2-11-8-1-3(9)10/h1H,2H2,(H,9,10). The predicted octanol–water partition coefficient (Wildman–Crippen LogP) is 0.636. The van der Waals surface area contributed by atoms with Crippen LogP contribution in [0.5, 0.6) is 0 Å². The van der Waals surface area contributed by atoms with Gasteiger partial charge in [-0.05, 0) is 0 Å². The molecule has 0 aromatic carbocycles. The predicted molar refractivity (Wildman–Crippen MR) is 28.1 cm³/mol. The molecule has 0 amide bonds. The summed E-state index contributed by atoms with van der Waals surface area (Å²) in [5.41, 5.74) is 0. The van der Waals surface area contributed by atoms with E-state index in [0.29, 0.717) is 0 Å². The lowest BCUT2D eigenvalue weighted by molar-refractivity contribution is -0.173. The third-order valence-electron chi connectivity index (χ3n) is 0.466. The van der Waals surface area contributed by atoms with E-state index in [2.05, 4.69) is 9.99 Å². The third kappa shape index (κ3) is 8.73. The second kappa shape index (κ2) is 3.79. The largest absolute Gasteiger partial charge is 0.477 e. The lowest BCUT2D eigenvalue weighted by Gasteiger charge is -2.01. The zero-order valence-electron chi connectivity index (χ0n) is 5.13. The van der Waals surface area contributed by atoms with E-state index in [0.717, 1.165) is 0 Å². The van der Waals surface area contributed by atoms with Gasteiger partial charge >= 0.3 is 12.1 Å². The van der Waals surface area contributed by atoms with Crippen molar-refractivity contribution in [3.63, 3.8) is 0 Å². The molecule has 0 aliphatic heterocycles. The van der Waals surface area contributed by atoms with Gasteiger partial charge in [0.05, 0.1) is 0 Å². The molecule has 0 aliphatic carbocycles. The van der Waals surface area contributed by atoms with Gasteiger partial charge in [-0.2, -0.15) is 13.2 Å². The number of nitrogens with zero attached hydrogens (tertiary/aromatic N) is 1. The van der Waals surface area contributed by atoms with Crippen molar-refractivity contribution < 1.29 is 27.9 Å². The Morgan fingerprint density at radius 1 is 1.64 bits per heavy atom. The van der Waals surface area contributed by atoms with E-state index in [-0.39, 0.29) is 6.21 Å². The van der Waals surface area contributed by atoms with E-state index >= 15 is 0 Å².